The summed E-state index contributed by atoms with van der Waals surface area (Å²) in [4.78, 5) is 0. The van der Waals surface area contributed by atoms with Gasteiger partial charge >= 0.3 is 0 Å². The molecule has 0 aromatic heterocycles. The zero-order valence-corrected chi connectivity index (χ0v) is 31.0. The van der Waals surface area contributed by atoms with Gasteiger partial charge in [0.15, 0.2) is 0 Å². The van der Waals surface area contributed by atoms with Crippen LogP contribution in [0.15, 0.2) is 72.8 Å². The van der Waals surface area contributed by atoms with Crippen molar-refractivity contribution in [3.05, 3.63) is 89.5 Å². The number of ether oxygens (including phenoxy) is 8. The summed E-state index contributed by atoms with van der Waals surface area (Å²) in [6, 6.07) is 24.3. The Bertz CT molecular complexity index is 1320. The van der Waals surface area contributed by atoms with E-state index in [4.69, 9.17) is 37.9 Å². The maximum absolute atomic E-state index is 6.14. The molecule has 274 valence electrons. The van der Waals surface area contributed by atoms with Crippen LogP contribution in [0.3, 0.4) is 0 Å². The van der Waals surface area contributed by atoms with Crippen molar-refractivity contribution in [2.75, 3.05) is 66.6 Å². The van der Waals surface area contributed by atoms with Crippen LogP contribution in [0.4, 0.5) is 0 Å². The largest absolute Gasteiger partial charge is 0.497 e. The molecule has 3 aliphatic heterocycles. The van der Waals surface area contributed by atoms with Crippen molar-refractivity contribution in [1.82, 2.24) is 0 Å². The van der Waals surface area contributed by atoms with E-state index in [2.05, 4.69) is 58.9 Å². The van der Waals surface area contributed by atoms with Crippen LogP contribution in [-0.4, -0.2) is 66.6 Å². The highest BCUT2D eigenvalue weighted by Gasteiger charge is 2.39. The fourth-order valence-electron chi connectivity index (χ4n) is 5.99. The van der Waals surface area contributed by atoms with Gasteiger partial charge in [0.2, 0.25) is 0 Å². The van der Waals surface area contributed by atoms with Crippen molar-refractivity contribution in [2.24, 2.45) is 16.2 Å². The van der Waals surface area contributed by atoms with Crippen LogP contribution in [0.2, 0.25) is 0 Å². The molecule has 0 aliphatic carbocycles. The monoisotopic (exact) mass is 690 g/mol. The topological polar surface area (TPSA) is 73.8 Å². The van der Waals surface area contributed by atoms with Gasteiger partial charge in [0.1, 0.15) is 17.2 Å². The van der Waals surface area contributed by atoms with Gasteiger partial charge < -0.3 is 37.9 Å². The molecule has 3 aromatic rings. The molecule has 3 aromatic carbocycles. The minimum atomic E-state index is 0.0437. The Kier molecular flexibility index (Phi) is 13.8. The molecule has 6 rings (SSSR count). The average molecular weight is 691 g/mol. The molecule has 50 heavy (non-hydrogen) atoms. The van der Waals surface area contributed by atoms with Crippen molar-refractivity contribution < 1.29 is 37.9 Å². The van der Waals surface area contributed by atoms with Crippen molar-refractivity contribution in [1.29, 1.82) is 0 Å². The lowest BCUT2D eigenvalue weighted by molar-refractivity contribution is -0.159. The quantitative estimate of drug-likeness (QED) is 0.131. The van der Waals surface area contributed by atoms with Crippen molar-refractivity contribution >= 4 is 0 Å². The summed E-state index contributed by atoms with van der Waals surface area (Å²) in [5.41, 5.74) is 4.15. The Morgan fingerprint density at radius 1 is 0.540 bits per heavy atom. The molecule has 2 unspecified atom stereocenters. The van der Waals surface area contributed by atoms with E-state index < -0.39 is 0 Å². The smallest absolute Gasteiger partial charge is 0.127 e. The summed E-state index contributed by atoms with van der Waals surface area (Å²) in [6.07, 6.45) is 3.38. The van der Waals surface area contributed by atoms with Crippen LogP contribution >= 0.6 is 0 Å². The van der Waals surface area contributed by atoms with Crippen LogP contribution in [0, 0.1) is 16.2 Å². The Morgan fingerprint density at radius 3 is 1.26 bits per heavy atom. The number of hydrogen-bond donors (Lipinski definition) is 0. The second kappa shape index (κ2) is 18.0. The summed E-state index contributed by atoms with van der Waals surface area (Å²) >= 11 is 0. The fraction of sp³-hybridized carbons (Fsp3) is 0.571. The molecule has 0 saturated carbocycles. The standard InChI is InChI=1S/C28H38O5.C14H20O3/c1-5-27(15-29-16-27)19-31-21(3)23-7-11-25(12-8-23)33-26-13-9-24(10-14-26)22(4)32-20-28(6-2)17-30-18-28;1-3-14(10-17-11-14)9-16-8-12-4-6-13(15-2)7-5-12/h7-14,21-22H,5-6,15-20H2,1-4H3;4-7H,3,8-11H2,1-2H3. The molecule has 0 N–H and O–H groups in total. The van der Waals surface area contributed by atoms with Gasteiger partial charge in [0.25, 0.3) is 0 Å². The Labute approximate surface area is 299 Å². The second-order valence-electron chi connectivity index (χ2n) is 14.5. The average Bonchev–Trinajstić information content (AvgIpc) is 3.10. The molecular formula is C42H58O8. The lowest BCUT2D eigenvalue weighted by atomic mass is 9.84. The van der Waals surface area contributed by atoms with Crippen molar-refractivity contribution in [3.8, 4) is 17.2 Å². The van der Waals surface area contributed by atoms with E-state index in [9.17, 15) is 0 Å². The maximum atomic E-state index is 6.14. The minimum absolute atomic E-state index is 0.0437. The van der Waals surface area contributed by atoms with Gasteiger partial charge in [0.05, 0.1) is 85.4 Å². The van der Waals surface area contributed by atoms with Gasteiger partial charge in [-0.15, -0.1) is 0 Å². The fourth-order valence-corrected chi connectivity index (χ4v) is 5.99. The van der Waals surface area contributed by atoms with Gasteiger partial charge in [-0.2, -0.15) is 0 Å². The van der Waals surface area contributed by atoms with Gasteiger partial charge in [-0.3, -0.25) is 0 Å². The first-order valence-corrected chi connectivity index (χ1v) is 18.3. The van der Waals surface area contributed by atoms with Crippen molar-refractivity contribution in [3.63, 3.8) is 0 Å². The highest BCUT2D eigenvalue weighted by Crippen LogP contribution is 2.35. The molecule has 0 spiro atoms. The Morgan fingerprint density at radius 2 is 0.920 bits per heavy atom. The van der Waals surface area contributed by atoms with E-state index in [1.165, 1.54) is 5.56 Å². The highest BCUT2D eigenvalue weighted by molar-refractivity contribution is 5.35. The predicted octanol–water partition coefficient (Wildman–Crippen LogP) is 9.13. The minimum Gasteiger partial charge on any atom is -0.497 e. The normalized spacial score (nSPS) is 19.4. The first kappa shape index (κ1) is 38.3. The van der Waals surface area contributed by atoms with Crippen LogP contribution in [0.1, 0.15) is 82.8 Å². The first-order valence-electron chi connectivity index (χ1n) is 18.3. The molecule has 0 amide bonds. The SMILES string of the molecule is CCC1(COC(C)c2ccc(Oc3ccc(C(C)OCC4(CC)COC4)cc3)cc2)COC1.CCC1(COCc2ccc(OC)cc2)COC1. The number of benzene rings is 3. The molecule has 8 heteroatoms. The van der Waals surface area contributed by atoms with E-state index in [1.54, 1.807) is 7.11 Å². The molecule has 0 bridgehead atoms. The lowest BCUT2D eigenvalue weighted by Crippen LogP contribution is -2.45. The van der Waals surface area contributed by atoms with Gasteiger partial charge in [-0.25, -0.2) is 0 Å². The van der Waals surface area contributed by atoms with Gasteiger partial charge in [-0.05, 0) is 86.2 Å². The summed E-state index contributed by atoms with van der Waals surface area (Å²) in [6.45, 7) is 18.6. The van der Waals surface area contributed by atoms with Crippen LogP contribution in [-0.2, 0) is 35.0 Å². The van der Waals surface area contributed by atoms with E-state index in [0.29, 0.717) is 6.61 Å². The van der Waals surface area contributed by atoms with Crippen LogP contribution in [0.5, 0.6) is 17.2 Å². The summed E-state index contributed by atoms with van der Waals surface area (Å²) in [7, 11) is 1.67. The molecule has 3 fully saturated rings. The number of hydrogen-bond acceptors (Lipinski definition) is 8. The zero-order valence-electron chi connectivity index (χ0n) is 31.0. The number of methoxy groups -OCH3 is 1. The predicted molar refractivity (Wildman–Crippen MR) is 195 cm³/mol. The Hall–Kier alpha value is -2.98. The summed E-state index contributed by atoms with van der Waals surface area (Å²) < 4.78 is 45.3. The molecule has 8 nitrogen and oxygen atoms in total. The second-order valence-corrected chi connectivity index (χ2v) is 14.5. The van der Waals surface area contributed by atoms with Crippen molar-refractivity contribution in [2.45, 2.75) is 72.7 Å². The van der Waals surface area contributed by atoms with Gasteiger partial charge in [0, 0.05) is 16.2 Å². The maximum Gasteiger partial charge on any atom is 0.127 e. The molecule has 3 saturated heterocycles. The van der Waals surface area contributed by atoms with Crippen LogP contribution < -0.4 is 9.47 Å². The molecular weight excluding hydrogens is 632 g/mol. The first-order chi connectivity index (χ1) is 24.2. The van der Waals surface area contributed by atoms with E-state index >= 15 is 0 Å². The highest BCUT2D eigenvalue weighted by atomic mass is 16.5. The third-order valence-corrected chi connectivity index (χ3v) is 10.7. The molecule has 3 aliphatic rings. The van der Waals surface area contributed by atoms with E-state index in [-0.39, 0.29) is 28.5 Å². The van der Waals surface area contributed by atoms with E-state index in [1.807, 2.05) is 48.5 Å². The molecule has 2 atom stereocenters. The summed E-state index contributed by atoms with van der Waals surface area (Å²) in [5, 5.41) is 0. The lowest BCUT2D eigenvalue weighted by Gasteiger charge is -2.41. The summed E-state index contributed by atoms with van der Waals surface area (Å²) in [5.74, 6) is 2.51. The van der Waals surface area contributed by atoms with E-state index in [0.717, 1.165) is 107 Å². The third-order valence-electron chi connectivity index (χ3n) is 10.7. The van der Waals surface area contributed by atoms with Gasteiger partial charge in [-0.1, -0.05) is 57.2 Å². The van der Waals surface area contributed by atoms with Crippen LogP contribution in [0.25, 0.3) is 0 Å². The molecule has 0 radical (unpaired) electrons. The molecule has 3 heterocycles. The third kappa shape index (κ3) is 10.1. The Balaban J connectivity index is 0.000000240. The zero-order chi connectivity index (χ0) is 35.5. The number of rotatable bonds is 18.